The Balaban J connectivity index is 1.43. The van der Waals surface area contributed by atoms with Crippen LogP contribution in [0.15, 0.2) is 48.5 Å². The van der Waals surface area contributed by atoms with Crippen LogP contribution in [0.5, 0.6) is 0 Å². The molecule has 1 aromatic heterocycles. The zero-order valence-electron chi connectivity index (χ0n) is 20.7. The van der Waals surface area contributed by atoms with E-state index in [2.05, 4.69) is 15.5 Å². The highest BCUT2D eigenvalue weighted by Gasteiger charge is 2.22. The minimum atomic E-state index is -1.05. The smallest absolute Gasteiger partial charge is 0.336 e. The van der Waals surface area contributed by atoms with Crippen LogP contribution in [0.25, 0.3) is 10.9 Å². The number of anilines is 3. The van der Waals surface area contributed by atoms with Crippen molar-refractivity contribution in [2.75, 3.05) is 48.3 Å². The van der Waals surface area contributed by atoms with Crippen LogP contribution in [-0.2, 0) is 9.59 Å². The average Bonchev–Trinajstić information content (AvgIpc) is 2.85. The number of aryl methyl sites for hydroxylation is 1. The molecule has 0 aliphatic carbocycles. The molecule has 2 aromatic carbocycles. The number of aromatic nitrogens is 1. The summed E-state index contributed by atoms with van der Waals surface area (Å²) in [6.07, 6.45) is 0. The maximum atomic E-state index is 12.4. The lowest BCUT2D eigenvalue weighted by Gasteiger charge is -2.35. The number of benzene rings is 2. The van der Waals surface area contributed by atoms with E-state index >= 15 is 0 Å². The molecule has 3 N–H and O–H groups in total. The van der Waals surface area contributed by atoms with Gasteiger partial charge in [0.1, 0.15) is 5.82 Å². The van der Waals surface area contributed by atoms with Crippen LogP contribution < -0.4 is 15.5 Å². The molecule has 0 atom stereocenters. The summed E-state index contributed by atoms with van der Waals surface area (Å²) >= 11 is 0. The molecule has 188 valence electrons. The fraction of sp³-hybridized carbons (Fsp3) is 0.333. The summed E-state index contributed by atoms with van der Waals surface area (Å²) in [6.45, 7) is 8.44. The Morgan fingerprint density at radius 2 is 1.61 bits per heavy atom. The fourth-order valence-corrected chi connectivity index (χ4v) is 4.09. The number of carbonyl (C=O) groups excluding carboxylic acids is 2. The molecule has 2 amide bonds. The number of pyridine rings is 1. The highest BCUT2D eigenvalue weighted by atomic mass is 16.4. The average molecular weight is 490 g/mol. The van der Waals surface area contributed by atoms with E-state index in [1.165, 1.54) is 0 Å². The van der Waals surface area contributed by atoms with Crippen molar-refractivity contribution in [1.82, 2.24) is 9.88 Å². The number of aromatic carboxylic acids is 1. The maximum absolute atomic E-state index is 12.4. The van der Waals surface area contributed by atoms with Crippen molar-refractivity contribution < 1.29 is 19.5 Å². The van der Waals surface area contributed by atoms with E-state index in [1.807, 2.05) is 36.1 Å². The number of carboxylic acids is 1. The fourth-order valence-electron chi connectivity index (χ4n) is 4.09. The van der Waals surface area contributed by atoms with Gasteiger partial charge in [0.05, 0.1) is 17.6 Å². The summed E-state index contributed by atoms with van der Waals surface area (Å²) < 4.78 is 0. The summed E-state index contributed by atoms with van der Waals surface area (Å²) in [5.41, 5.74) is 3.13. The maximum Gasteiger partial charge on any atom is 0.336 e. The van der Waals surface area contributed by atoms with E-state index in [9.17, 15) is 19.5 Å². The Morgan fingerprint density at radius 3 is 2.25 bits per heavy atom. The quantitative estimate of drug-likeness (QED) is 0.465. The number of carbonyl (C=O) groups is 3. The molecule has 9 nitrogen and oxygen atoms in total. The molecular weight excluding hydrogens is 458 g/mol. The van der Waals surface area contributed by atoms with Crippen LogP contribution in [0.4, 0.5) is 17.2 Å². The standard InChI is InChI=1S/C27H31N5O4/c1-17(2)26(34)29-20-8-9-23-21(14-20)22(27(35)36)15-24(30-23)32-12-10-31(11-13-32)16-25(33)28-19-6-4-18(3)5-7-19/h4-9,14-15,17H,10-13,16H2,1-3H3,(H,28,33)(H,29,34)(H,35,36). The van der Waals surface area contributed by atoms with Gasteiger partial charge in [-0.05, 0) is 43.3 Å². The van der Waals surface area contributed by atoms with Crippen molar-refractivity contribution in [3.8, 4) is 0 Å². The Bertz CT molecular complexity index is 1280. The van der Waals surface area contributed by atoms with Gasteiger partial charge in [0.15, 0.2) is 0 Å². The SMILES string of the molecule is Cc1ccc(NC(=O)CN2CCN(c3cc(C(=O)O)c4cc(NC(=O)C(C)C)ccc4n3)CC2)cc1. The number of nitrogens with zero attached hydrogens (tertiary/aromatic N) is 3. The number of rotatable bonds is 7. The predicted molar refractivity (Wildman–Crippen MR) is 141 cm³/mol. The number of hydrogen-bond donors (Lipinski definition) is 3. The van der Waals surface area contributed by atoms with E-state index in [0.717, 1.165) is 11.3 Å². The summed E-state index contributed by atoms with van der Waals surface area (Å²) in [5, 5.41) is 16.1. The van der Waals surface area contributed by atoms with Crippen LogP contribution >= 0.6 is 0 Å². The summed E-state index contributed by atoms with van der Waals surface area (Å²) in [7, 11) is 0. The summed E-state index contributed by atoms with van der Waals surface area (Å²) in [5.74, 6) is -0.858. The molecule has 1 aliphatic heterocycles. The third-order valence-electron chi connectivity index (χ3n) is 6.22. The van der Waals surface area contributed by atoms with Gasteiger partial charge in [-0.3, -0.25) is 14.5 Å². The molecule has 36 heavy (non-hydrogen) atoms. The molecule has 2 heterocycles. The third kappa shape index (κ3) is 5.98. The number of fused-ring (bicyclic) bond motifs is 1. The molecule has 4 rings (SSSR count). The zero-order valence-corrected chi connectivity index (χ0v) is 20.7. The second-order valence-electron chi connectivity index (χ2n) is 9.39. The molecule has 0 unspecified atom stereocenters. The zero-order chi connectivity index (χ0) is 25.8. The topological polar surface area (TPSA) is 115 Å². The van der Waals surface area contributed by atoms with E-state index in [4.69, 9.17) is 4.98 Å². The first-order valence-electron chi connectivity index (χ1n) is 12.0. The van der Waals surface area contributed by atoms with Gasteiger partial charge < -0.3 is 20.6 Å². The summed E-state index contributed by atoms with van der Waals surface area (Å²) in [4.78, 5) is 45.3. The van der Waals surface area contributed by atoms with Gasteiger partial charge in [-0.25, -0.2) is 9.78 Å². The van der Waals surface area contributed by atoms with Crippen LogP contribution in [0.2, 0.25) is 0 Å². The molecule has 0 radical (unpaired) electrons. The minimum absolute atomic E-state index is 0.0651. The Hall–Kier alpha value is -3.98. The van der Waals surface area contributed by atoms with E-state index < -0.39 is 5.97 Å². The second kappa shape index (κ2) is 10.7. The molecule has 0 bridgehead atoms. The van der Waals surface area contributed by atoms with Crippen molar-refractivity contribution in [1.29, 1.82) is 0 Å². The van der Waals surface area contributed by atoms with Gasteiger partial charge in [-0.15, -0.1) is 0 Å². The lowest BCUT2D eigenvalue weighted by molar-refractivity contribution is -0.119. The van der Waals surface area contributed by atoms with Crippen LogP contribution in [-0.4, -0.2) is 65.5 Å². The normalized spacial score (nSPS) is 14.2. The Labute approximate surface area is 210 Å². The lowest BCUT2D eigenvalue weighted by atomic mass is 10.1. The Morgan fingerprint density at radius 1 is 0.944 bits per heavy atom. The van der Waals surface area contributed by atoms with Crippen molar-refractivity contribution in [2.45, 2.75) is 20.8 Å². The number of carboxylic acid groups (broad SMARTS) is 1. The molecule has 9 heteroatoms. The first kappa shape index (κ1) is 25.1. The molecule has 3 aromatic rings. The van der Waals surface area contributed by atoms with Crippen molar-refractivity contribution in [2.24, 2.45) is 5.92 Å². The van der Waals surface area contributed by atoms with E-state index in [1.54, 1.807) is 38.1 Å². The first-order valence-corrected chi connectivity index (χ1v) is 12.0. The van der Waals surface area contributed by atoms with Crippen molar-refractivity contribution in [3.05, 3.63) is 59.7 Å². The van der Waals surface area contributed by atoms with Gasteiger partial charge >= 0.3 is 5.97 Å². The molecule has 1 aliphatic rings. The van der Waals surface area contributed by atoms with E-state index in [-0.39, 0.29) is 29.8 Å². The van der Waals surface area contributed by atoms with Gasteiger partial charge in [0.2, 0.25) is 11.8 Å². The molecular formula is C27H31N5O4. The Kier molecular flexibility index (Phi) is 7.49. The number of nitrogens with one attached hydrogen (secondary N) is 2. The molecule has 1 fully saturated rings. The minimum Gasteiger partial charge on any atom is -0.478 e. The van der Waals surface area contributed by atoms with Crippen LogP contribution in [0.3, 0.4) is 0 Å². The highest BCUT2D eigenvalue weighted by molar-refractivity contribution is 6.05. The molecule has 1 saturated heterocycles. The first-order chi connectivity index (χ1) is 17.2. The van der Waals surface area contributed by atoms with Gasteiger partial charge in [-0.1, -0.05) is 31.5 Å². The van der Waals surface area contributed by atoms with Gasteiger partial charge in [-0.2, -0.15) is 0 Å². The van der Waals surface area contributed by atoms with Crippen LogP contribution in [0.1, 0.15) is 29.8 Å². The largest absolute Gasteiger partial charge is 0.478 e. The second-order valence-corrected chi connectivity index (χ2v) is 9.39. The number of amides is 2. The summed E-state index contributed by atoms with van der Waals surface area (Å²) in [6, 6.07) is 14.4. The number of hydrogen-bond acceptors (Lipinski definition) is 6. The predicted octanol–water partition coefficient (Wildman–Crippen LogP) is 3.60. The van der Waals surface area contributed by atoms with Crippen molar-refractivity contribution in [3.63, 3.8) is 0 Å². The van der Waals surface area contributed by atoms with Gasteiger partial charge in [0.25, 0.3) is 0 Å². The van der Waals surface area contributed by atoms with Crippen LogP contribution in [0, 0.1) is 12.8 Å². The monoisotopic (exact) mass is 489 g/mol. The van der Waals surface area contributed by atoms with E-state index in [0.29, 0.717) is 48.6 Å². The molecule has 0 saturated carbocycles. The molecule has 0 spiro atoms. The van der Waals surface area contributed by atoms with Gasteiger partial charge in [0, 0.05) is 48.9 Å². The third-order valence-corrected chi connectivity index (χ3v) is 6.22. The lowest BCUT2D eigenvalue weighted by Crippen LogP contribution is -2.49. The van der Waals surface area contributed by atoms with Crippen molar-refractivity contribution >= 4 is 45.9 Å². The number of piperazine rings is 1. The highest BCUT2D eigenvalue weighted by Crippen LogP contribution is 2.27.